The fourth-order valence-electron chi connectivity index (χ4n) is 0.144. The molecule has 0 rings (SSSR count). The lowest BCUT2D eigenvalue weighted by atomic mass is 11.1. The van der Waals surface area contributed by atoms with Gasteiger partial charge in [0.25, 0.3) is 5.24 Å². The Bertz CT molecular complexity index is 73.3. The van der Waals surface area contributed by atoms with E-state index in [4.69, 9.17) is 5.84 Å². The van der Waals surface area contributed by atoms with Gasteiger partial charge >= 0.3 is 0 Å². The van der Waals surface area contributed by atoms with Gasteiger partial charge in [0.05, 0.1) is 0 Å². The average Bonchev–Trinajstić information content (AvgIpc) is 1.65. The number of carbonyl (C=O) groups excluding carboxylic acids is 1. The number of hydrogen-bond donors (Lipinski definition) is 1. The largest absolute Gasteiger partial charge is 0.295 e. The standard InChI is InChI=1S/C3H8N2OS/c1-5(4)3(6)7-2/h4H2,1-2H3. The van der Waals surface area contributed by atoms with Gasteiger partial charge in [0.2, 0.25) is 0 Å². The van der Waals surface area contributed by atoms with E-state index in [1.807, 2.05) is 0 Å². The molecule has 3 nitrogen and oxygen atoms in total. The molecule has 0 aromatic heterocycles. The van der Waals surface area contributed by atoms with Crippen LogP contribution in [0.3, 0.4) is 0 Å². The Balaban J connectivity index is 3.35. The smallest absolute Gasteiger partial charge is 0.275 e. The molecule has 0 radical (unpaired) electrons. The second-order valence-corrected chi connectivity index (χ2v) is 1.84. The third kappa shape index (κ3) is 2.47. The highest BCUT2D eigenvalue weighted by Crippen LogP contribution is 1.95. The van der Waals surface area contributed by atoms with Gasteiger partial charge in [-0.1, -0.05) is 11.8 Å². The summed E-state index contributed by atoms with van der Waals surface area (Å²) in [5.74, 6) is 5.01. The average molecular weight is 120 g/mol. The highest BCUT2D eigenvalue weighted by Gasteiger charge is 1.97. The molecule has 1 amide bonds. The lowest BCUT2D eigenvalue weighted by Crippen LogP contribution is -2.29. The molecule has 0 aliphatic heterocycles. The van der Waals surface area contributed by atoms with Crippen molar-refractivity contribution >= 4 is 17.0 Å². The summed E-state index contributed by atoms with van der Waals surface area (Å²) >= 11 is 1.09. The predicted octanol–water partition coefficient (Wildman–Crippen LogP) is 0.275. The van der Waals surface area contributed by atoms with Gasteiger partial charge in [-0.15, -0.1) is 0 Å². The number of hydrogen-bond acceptors (Lipinski definition) is 3. The van der Waals surface area contributed by atoms with Gasteiger partial charge in [-0.05, 0) is 6.26 Å². The molecular formula is C3H8N2OS. The van der Waals surface area contributed by atoms with E-state index in [0.29, 0.717) is 0 Å². The summed E-state index contributed by atoms with van der Waals surface area (Å²) in [4.78, 5) is 10.3. The molecule has 0 heterocycles. The maximum absolute atomic E-state index is 10.3. The molecule has 0 saturated heterocycles. The van der Waals surface area contributed by atoms with E-state index in [-0.39, 0.29) is 5.24 Å². The summed E-state index contributed by atoms with van der Waals surface area (Å²) in [6.07, 6.45) is 1.69. The Hall–Kier alpha value is -0.220. The van der Waals surface area contributed by atoms with Crippen molar-refractivity contribution in [2.45, 2.75) is 0 Å². The van der Waals surface area contributed by atoms with Crippen LogP contribution in [0.1, 0.15) is 0 Å². The molecule has 4 heteroatoms. The molecule has 0 spiro atoms. The third-order valence-electron chi connectivity index (χ3n) is 0.463. The van der Waals surface area contributed by atoms with Crippen molar-refractivity contribution in [2.24, 2.45) is 5.84 Å². The Morgan fingerprint density at radius 1 is 1.86 bits per heavy atom. The van der Waals surface area contributed by atoms with Gasteiger partial charge in [-0.2, -0.15) is 0 Å². The van der Waals surface area contributed by atoms with Crippen LogP contribution < -0.4 is 5.84 Å². The van der Waals surface area contributed by atoms with Gasteiger partial charge in [-0.25, -0.2) is 5.84 Å². The minimum atomic E-state index is -0.125. The molecule has 0 aromatic carbocycles. The van der Waals surface area contributed by atoms with Crippen LogP contribution in [-0.2, 0) is 0 Å². The van der Waals surface area contributed by atoms with E-state index in [0.717, 1.165) is 16.8 Å². The first-order valence-electron chi connectivity index (χ1n) is 1.75. The molecule has 7 heavy (non-hydrogen) atoms. The molecular weight excluding hydrogens is 112 g/mol. The zero-order chi connectivity index (χ0) is 5.86. The maximum atomic E-state index is 10.3. The van der Waals surface area contributed by atoms with Crippen LogP contribution in [-0.4, -0.2) is 23.6 Å². The first kappa shape index (κ1) is 6.78. The first-order chi connectivity index (χ1) is 3.18. The lowest BCUT2D eigenvalue weighted by Gasteiger charge is -2.04. The Morgan fingerprint density at radius 2 is 2.29 bits per heavy atom. The van der Waals surface area contributed by atoms with Crippen molar-refractivity contribution in [1.29, 1.82) is 0 Å². The molecule has 0 unspecified atom stereocenters. The normalized spacial score (nSPS) is 8.43. The zero-order valence-corrected chi connectivity index (χ0v) is 5.16. The van der Waals surface area contributed by atoms with E-state index < -0.39 is 0 Å². The molecule has 42 valence electrons. The SMILES string of the molecule is CSC(=O)N(C)N. The summed E-state index contributed by atoms with van der Waals surface area (Å²) in [6.45, 7) is 0. The molecule has 0 fully saturated rings. The highest BCUT2D eigenvalue weighted by atomic mass is 32.2. The van der Waals surface area contributed by atoms with Crippen LogP contribution in [0.5, 0.6) is 0 Å². The van der Waals surface area contributed by atoms with Crippen molar-refractivity contribution in [3.63, 3.8) is 0 Å². The topological polar surface area (TPSA) is 46.3 Å². The molecule has 0 atom stereocenters. The molecule has 0 aromatic rings. The summed E-state index contributed by atoms with van der Waals surface area (Å²) in [7, 11) is 1.51. The number of rotatable bonds is 0. The summed E-state index contributed by atoms with van der Waals surface area (Å²) < 4.78 is 0. The molecule has 0 aliphatic rings. The Kier molecular flexibility index (Phi) is 2.78. The monoisotopic (exact) mass is 120 g/mol. The van der Waals surface area contributed by atoms with Gasteiger partial charge in [0, 0.05) is 7.05 Å². The van der Waals surface area contributed by atoms with Crippen molar-refractivity contribution in [2.75, 3.05) is 13.3 Å². The van der Waals surface area contributed by atoms with Gasteiger partial charge < -0.3 is 0 Å². The lowest BCUT2D eigenvalue weighted by molar-refractivity contribution is 0.234. The van der Waals surface area contributed by atoms with E-state index in [2.05, 4.69) is 0 Å². The Labute approximate surface area is 46.8 Å². The summed E-state index contributed by atoms with van der Waals surface area (Å²) in [6, 6.07) is 0. The van der Waals surface area contributed by atoms with Crippen LogP contribution in [0, 0.1) is 0 Å². The number of nitrogens with zero attached hydrogens (tertiary/aromatic N) is 1. The molecule has 0 saturated carbocycles. The summed E-state index contributed by atoms with van der Waals surface area (Å²) in [5.41, 5.74) is 0. The minimum Gasteiger partial charge on any atom is -0.275 e. The van der Waals surface area contributed by atoms with Crippen molar-refractivity contribution < 1.29 is 4.79 Å². The van der Waals surface area contributed by atoms with E-state index in [1.165, 1.54) is 7.05 Å². The second kappa shape index (κ2) is 2.87. The summed E-state index contributed by atoms with van der Waals surface area (Å²) in [5, 5.41) is 0.921. The minimum absolute atomic E-state index is 0.125. The Morgan fingerprint density at radius 3 is 2.29 bits per heavy atom. The van der Waals surface area contributed by atoms with Crippen molar-refractivity contribution in [3.8, 4) is 0 Å². The van der Waals surface area contributed by atoms with Crippen LogP contribution in [0.4, 0.5) is 4.79 Å². The van der Waals surface area contributed by atoms with Crippen LogP contribution in [0.2, 0.25) is 0 Å². The fraction of sp³-hybridized carbons (Fsp3) is 0.667. The fourth-order valence-corrected chi connectivity index (χ4v) is 0.432. The van der Waals surface area contributed by atoms with Crippen LogP contribution in [0.25, 0.3) is 0 Å². The third-order valence-corrected chi connectivity index (χ3v) is 1.10. The molecule has 0 aliphatic carbocycles. The molecule has 0 bridgehead atoms. The predicted molar refractivity (Wildman–Crippen MR) is 30.9 cm³/mol. The van der Waals surface area contributed by atoms with Crippen LogP contribution in [0.15, 0.2) is 0 Å². The van der Waals surface area contributed by atoms with Crippen molar-refractivity contribution in [3.05, 3.63) is 0 Å². The number of thioether (sulfide) groups is 1. The molecule has 2 N–H and O–H groups in total. The van der Waals surface area contributed by atoms with E-state index in [9.17, 15) is 4.79 Å². The van der Waals surface area contributed by atoms with Crippen molar-refractivity contribution in [1.82, 2.24) is 5.01 Å². The maximum Gasteiger partial charge on any atom is 0.295 e. The van der Waals surface area contributed by atoms with Crippen LogP contribution >= 0.6 is 11.8 Å². The van der Waals surface area contributed by atoms with Gasteiger partial charge in [0.1, 0.15) is 0 Å². The van der Waals surface area contributed by atoms with Gasteiger partial charge in [0.15, 0.2) is 0 Å². The highest BCUT2D eigenvalue weighted by molar-refractivity contribution is 8.12. The first-order valence-corrected chi connectivity index (χ1v) is 2.97. The quantitative estimate of drug-likeness (QED) is 0.283. The van der Waals surface area contributed by atoms with E-state index >= 15 is 0 Å². The second-order valence-electron chi connectivity index (χ2n) is 1.08. The number of nitrogens with two attached hydrogens (primary N) is 1. The zero-order valence-electron chi connectivity index (χ0n) is 4.34. The van der Waals surface area contributed by atoms with Gasteiger partial charge in [-0.3, -0.25) is 9.80 Å². The van der Waals surface area contributed by atoms with E-state index in [1.54, 1.807) is 6.26 Å². The number of hydrazine groups is 1. The number of amides is 1. The number of carbonyl (C=O) groups is 1.